The Morgan fingerprint density at radius 1 is 1.53 bits per heavy atom. The molecule has 1 aromatic heterocycles. The minimum atomic E-state index is -0.376. The molecular weight excluding hydrogens is 220 g/mol. The Balaban J connectivity index is 1.65. The Kier molecular flexibility index (Phi) is 2.63. The van der Waals surface area contributed by atoms with E-state index < -0.39 is 0 Å². The van der Waals surface area contributed by atoms with Crippen molar-refractivity contribution in [2.45, 2.75) is 32.4 Å². The van der Waals surface area contributed by atoms with Crippen molar-refractivity contribution in [3.8, 4) is 0 Å². The second kappa shape index (κ2) is 4.14. The molecule has 17 heavy (non-hydrogen) atoms. The van der Waals surface area contributed by atoms with Crippen LogP contribution in [0.25, 0.3) is 0 Å². The minimum Gasteiger partial charge on any atom is -0.442 e. The van der Waals surface area contributed by atoms with Gasteiger partial charge >= 0.3 is 5.97 Å². The molecule has 92 valence electrons. The second-order valence-electron chi connectivity index (χ2n) is 4.90. The van der Waals surface area contributed by atoms with Crippen molar-refractivity contribution in [2.24, 2.45) is 5.92 Å². The summed E-state index contributed by atoms with van der Waals surface area (Å²) in [5.74, 6) is 0.971. The number of aromatic nitrogens is 1. The zero-order chi connectivity index (χ0) is 11.8. The molecule has 3 fully saturated rings. The standard InChI is InChI=1S/C12H16N2O3/c1-8-6-10(13-17-8)12(15)16-11-7-9-2-4-14(11)5-3-9/h6,9,11H,2-5,7H2,1H3. The second-order valence-corrected chi connectivity index (χ2v) is 4.90. The number of hydrogen-bond donors (Lipinski definition) is 0. The third kappa shape index (κ3) is 2.07. The van der Waals surface area contributed by atoms with E-state index in [9.17, 15) is 4.79 Å². The van der Waals surface area contributed by atoms with Crippen molar-refractivity contribution in [1.82, 2.24) is 10.1 Å². The minimum absolute atomic E-state index is 0.0630. The van der Waals surface area contributed by atoms with Gasteiger partial charge in [-0.1, -0.05) is 5.16 Å². The molecule has 0 N–H and O–H groups in total. The first-order chi connectivity index (χ1) is 8.22. The normalized spacial score (nSPS) is 31.5. The van der Waals surface area contributed by atoms with Crippen molar-refractivity contribution >= 4 is 5.97 Å². The molecule has 0 radical (unpaired) electrons. The zero-order valence-electron chi connectivity index (χ0n) is 9.89. The summed E-state index contributed by atoms with van der Waals surface area (Å²) in [5, 5.41) is 3.68. The van der Waals surface area contributed by atoms with Crippen LogP contribution in [0.1, 0.15) is 35.5 Å². The monoisotopic (exact) mass is 236 g/mol. The molecule has 0 aromatic carbocycles. The average Bonchev–Trinajstić information content (AvgIpc) is 2.77. The molecule has 5 nitrogen and oxygen atoms in total. The van der Waals surface area contributed by atoms with Gasteiger partial charge in [-0.3, -0.25) is 4.90 Å². The summed E-state index contributed by atoms with van der Waals surface area (Å²) in [6.45, 7) is 3.84. The summed E-state index contributed by atoms with van der Waals surface area (Å²) in [6, 6.07) is 1.61. The molecule has 3 saturated heterocycles. The quantitative estimate of drug-likeness (QED) is 0.730. The van der Waals surface area contributed by atoms with Gasteiger partial charge in [0.05, 0.1) is 0 Å². The van der Waals surface area contributed by atoms with Crippen molar-refractivity contribution < 1.29 is 14.1 Å². The van der Waals surface area contributed by atoms with E-state index in [1.807, 2.05) is 0 Å². The van der Waals surface area contributed by atoms with Crippen LogP contribution in [0, 0.1) is 12.8 Å². The molecule has 5 heteroatoms. The Hall–Kier alpha value is -1.36. The zero-order valence-corrected chi connectivity index (χ0v) is 9.89. The number of hydrogen-bond acceptors (Lipinski definition) is 5. The number of esters is 1. The molecule has 2 bridgehead atoms. The summed E-state index contributed by atoms with van der Waals surface area (Å²) in [5.41, 5.74) is 0.269. The van der Waals surface area contributed by atoms with Crippen LogP contribution >= 0.6 is 0 Å². The molecule has 0 amide bonds. The highest BCUT2D eigenvalue weighted by atomic mass is 16.6. The maximum absolute atomic E-state index is 11.8. The van der Waals surface area contributed by atoms with Gasteiger partial charge in [0.25, 0.3) is 0 Å². The van der Waals surface area contributed by atoms with Gasteiger partial charge in [-0.2, -0.15) is 0 Å². The molecule has 4 heterocycles. The SMILES string of the molecule is Cc1cc(C(=O)OC2CC3CCN2CC3)no1. The van der Waals surface area contributed by atoms with Crippen LogP contribution in [0.2, 0.25) is 0 Å². The lowest BCUT2D eigenvalue weighted by molar-refractivity contribution is -0.0904. The third-order valence-electron chi connectivity index (χ3n) is 3.67. The van der Waals surface area contributed by atoms with Crippen LogP contribution in [0.4, 0.5) is 0 Å². The van der Waals surface area contributed by atoms with Gasteiger partial charge in [0, 0.05) is 25.6 Å². The molecule has 1 atom stereocenters. The Bertz CT molecular complexity index is 421. The van der Waals surface area contributed by atoms with Gasteiger partial charge < -0.3 is 9.26 Å². The molecule has 0 spiro atoms. The van der Waals surface area contributed by atoms with Crippen molar-refractivity contribution in [3.05, 3.63) is 17.5 Å². The van der Waals surface area contributed by atoms with Crippen LogP contribution in [0.3, 0.4) is 0 Å². The lowest BCUT2D eigenvalue weighted by atomic mass is 9.87. The van der Waals surface area contributed by atoms with E-state index >= 15 is 0 Å². The highest BCUT2D eigenvalue weighted by Gasteiger charge is 2.36. The fourth-order valence-electron chi connectivity index (χ4n) is 2.68. The molecule has 1 unspecified atom stereocenters. The lowest BCUT2D eigenvalue weighted by Crippen LogP contribution is -2.50. The first-order valence-electron chi connectivity index (χ1n) is 6.11. The lowest BCUT2D eigenvalue weighted by Gasteiger charge is -2.44. The van der Waals surface area contributed by atoms with E-state index in [-0.39, 0.29) is 17.9 Å². The summed E-state index contributed by atoms with van der Waals surface area (Å²) in [4.78, 5) is 14.1. The molecule has 0 saturated carbocycles. The number of fused-ring (bicyclic) bond motifs is 3. The highest BCUT2D eigenvalue weighted by molar-refractivity contribution is 5.87. The highest BCUT2D eigenvalue weighted by Crippen LogP contribution is 2.32. The van der Waals surface area contributed by atoms with Gasteiger partial charge in [0.15, 0.2) is 11.9 Å². The predicted molar refractivity (Wildman–Crippen MR) is 59.4 cm³/mol. The summed E-state index contributed by atoms with van der Waals surface area (Å²) >= 11 is 0. The van der Waals surface area contributed by atoms with E-state index in [1.165, 1.54) is 12.8 Å². The van der Waals surface area contributed by atoms with E-state index in [2.05, 4.69) is 10.1 Å². The average molecular weight is 236 g/mol. The van der Waals surface area contributed by atoms with Gasteiger partial charge in [-0.05, 0) is 25.7 Å². The predicted octanol–water partition coefficient (Wildman–Crippen LogP) is 1.58. The van der Waals surface area contributed by atoms with Crippen LogP contribution in [-0.4, -0.2) is 35.3 Å². The number of aryl methyl sites for hydroxylation is 1. The first kappa shape index (κ1) is 10.8. The van der Waals surface area contributed by atoms with Gasteiger partial charge in [-0.15, -0.1) is 0 Å². The first-order valence-corrected chi connectivity index (χ1v) is 6.11. The van der Waals surface area contributed by atoms with E-state index in [1.54, 1.807) is 13.0 Å². The van der Waals surface area contributed by atoms with Crippen molar-refractivity contribution in [3.63, 3.8) is 0 Å². The number of carbonyl (C=O) groups is 1. The number of rotatable bonds is 2. The molecule has 0 aliphatic carbocycles. The summed E-state index contributed by atoms with van der Waals surface area (Å²) in [7, 11) is 0. The maximum Gasteiger partial charge on any atom is 0.362 e. The van der Waals surface area contributed by atoms with E-state index in [0.717, 1.165) is 25.4 Å². The largest absolute Gasteiger partial charge is 0.442 e. The fraction of sp³-hybridized carbons (Fsp3) is 0.667. The number of carbonyl (C=O) groups excluding carboxylic acids is 1. The Morgan fingerprint density at radius 2 is 2.29 bits per heavy atom. The number of nitrogens with zero attached hydrogens (tertiary/aromatic N) is 2. The third-order valence-corrected chi connectivity index (χ3v) is 3.67. The molecular formula is C12H16N2O3. The van der Waals surface area contributed by atoms with Crippen molar-refractivity contribution in [2.75, 3.05) is 13.1 Å². The van der Waals surface area contributed by atoms with Crippen LogP contribution in [0.5, 0.6) is 0 Å². The van der Waals surface area contributed by atoms with Crippen molar-refractivity contribution in [1.29, 1.82) is 0 Å². The maximum atomic E-state index is 11.8. The number of ether oxygens (including phenoxy) is 1. The fourth-order valence-corrected chi connectivity index (χ4v) is 2.68. The Morgan fingerprint density at radius 3 is 2.82 bits per heavy atom. The molecule has 3 aliphatic heterocycles. The Labute approximate surface area is 99.7 Å². The topological polar surface area (TPSA) is 55.6 Å². The smallest absolute Gasteiger partial charge is 0.362 e. The van der Waals surface area contributed by atoms with Crippen LogP contribution < -0.4 is 0 Å². The molecule has 4 rings (SSSR count). The van der Waals surface area contributed by atoms with Crippen LogP contribution in [0.15, 0.2) is 10.6 Å². The van der Waals surface area contributed by atoms with Gasteiger partial charge in [-0.25, -0.2) is 4.79 Å². The molecule has 1 aromatic rings. The van der Waals surface area contributed by atoms with Gasteiger partial charge in [0.1, 0.15) is 5.76 Å². The molecule has 3 aliphatic rings. The summed E-state index contributed by atoms with van der Waals surface area (Å²) in [6.07, 6.45) is 3.36. The van der Waals surface area contributed by atoms with Crippen LogP contribution in [-0.2, 0) is 4.74 Å². The summed E-state index contributed by atoms with van der Waals surface area (Å²) < 4.78 is 10.4. The van der Waals surface area contributed by atoms with E-state index in [4.69, 9.17) is 9.26 Å². The van der Waals surface area contributed by atoms with Gasteiger partial charge in [0.2, 0.25) is 0 Å². The van der Waals surface area contributed by atoms with E-state index in [0.29, 0.717) is 5.76 Å². The number of piperidine rings is 3.